The molecule has 0 saturated heterocycles. The van der Waals surface area contributed by atoms with Gasteiger partial charge in [0.05, 0.1) is 0 Å². The molecule has 0 aliphatic carbocycles. The van der Waals surface area contributed by atoms with E-state index in [0.717, 1.165) is 23.8 Å². The molecule has 0 saturated carbocycles. The van der Waals surface area contributed by atoms with Gasteiger partial charge in [0.1, 0.15) is 17.0 Å². The summed E-state index contributed by atoms with van der Waals surface area (Å²) in [4.78, 5) is 14.8. The van der Waals surface area contributed by atoms with Crippen LogP contribution in [0.3, 0.4) is 0 Å². The number of fused-ring (bicyclic) bond motifs is 1. The number of carboxylic acid groups (broad SMARTS) is 1. The highest BCUT2D eigenvalue weighted by Gasteiger charge is 2.10. The highest BCUT2D eigenvalue weighted by molar-refractivity contribution is 5.92. The van der Waals surface area contributed by atoms with Crippen LogP contribution >= 0.6 is 0 Å². The third-order valence-corrected chi connectivity index (χ3v) is 2.66. The van der Waals surface area contributed by atoms with Crippen molar-refractivity contribution in [3.8, 4) is 5.75 Å². The van der Waals surface area contributed by atoms with Gasteiger partial charge in [-0.15, -0.1) is 0 Å². The topological polar surface area (TPSA) is 70.4 Å². The van der Waals surface area contributed by atoms with Gasteiger partial charge in [-0.05, 0) is 18.1 Å². The molecule has 17 heavy (non-hydrogen) atoms. The van der Waals surface area contributed by atoms with Gasteiger partial charge in [0.25, 0.3) is 0 Å². The Labute approximate surface area is 98.5 Å². The van der Waals surface area contributed by atoms with E-state index in [1.165, 1.54) is 6.07 Å². The second-order valence-corrected chi connectivity index (χ2v) is 3.90. The predicted octanol–water partition coefficient (Wildman–Crippen LogP) is 2.59. The smallest absolute Gasteiger partial charge is 0.354 e. The molecule has 2 rings (SSSR count). The largest absolute Gasteiger partial charge is 0.505 e. The van der Waals surface area contributed by atoms with Crippen LogP contribution in [0.1, 0.15) is 29.4 Å². The van der Waals surface area contributed by atoms with Gasteiger partial charge in [0.15, 0.2) is 0 Å². The summed E-state index contributed by atoms with van der Waals surface area (Å²) in [6, 6.07) is 6.78. The fourth-order valence-corrected chi connectivity index (χ4v) is 1.81. The highest BCUT2D eigenvalue weighted by Crippen LogP contribution is 2.28. The van der Waals surface area contributed by atoms with Crippen LogP contribution in [0.2, 0.25) is 0 Å². The number of phenols is 1. The maximum absolute atomic E-state index is 10.8. The fourth-order valence-electron chi connectivity index (χ4n) is 1.81. The second-order valence-electron chi connectivity index (χ2n) is 3.90. The minimum Gasteiger partial charge on any atom is -0.505 e. The predicted molar refractivity (Wildman–Crippen MR) is 64.4 cm³/mol. The summed E-state index contributed by atoms with van der Waals surface area (Å²) in [6.07, 6.45) is 1.67. The number of phenolic OH excluding ortho intramolecular Hbond substituents is 1. The lowest BCUT2D eigenvalue weighted by molar-refractivity contribution is 0.0691. The van der Waals surface area contributed by atoms with Crippen molar-refractivity contribution in [1.29, 1.82) is 0 Å². The van der Waals surface area contributed by atoms with Crippen LogP contribution in [0.15, 0.2) is 24.3 Å². The lowest BCUT2D eigenvalue weighted by Crippen LogP contribution is -2.00. The van der Waals surface area contributed by atoms with Gasteiger partial charge in [0, 0.05) is 5.39 Å². The Kier molecular flexibility index (Phi) is 2.95. The van der Waals surface area contributed by atoms with Gasteiger partial charge in [-0.2, -0.15) is 0 Å². The van der Waals surface area contributed by atoms with E-state index in [0.29, 0.717) is 5.52 Å². The summed E-state index contributed by atoms with van der Waals surface area (Å²) in [6.45, 7) is 2.02. The van der Waals surface area contributed by atoms with E-state index < -0.39 is 5.97 Å². The molecule has 0 aliphatic heterocycles. The molecular formula is C13H13NO3. The number of pyridine rings is 1. The van der Waals surface area contributed by atoms with Crippen molar-refractivity contribution in [2.75, 3.05) is 0 Å². The van der Waals surface area contributed by atoms with E-state index in [4.69, 9.17) is 5.11 Å². The second kappa shape index (κ2) is 4.41. The van der Waals surface area contributed by atoms with Crippen LogP contribution in [0.4, 0.5) is 0 Å². The molecule has 0 atom stereocenters. The summed E-state index contributed by atoms with van der Waals surface area (Å²) in [7, 11) is 0. The summed E-state index contributed by atoms with van der Waals surface area (Å²) in [5.74, 6) is -1.00. The van der Waals surface area contributed by atoms with Gasteiger partial charge < -0.3 is 10.2 Å². The zero-order valence-corrected chi connectivity index (χ0v) is 9.47. The molecule has 2 N–H and O–H groups in total. The first-order valence-corrected chi connectivity index (χ1v) is 5.48. The molecule has 1 aromatic carbocycles. The molecule has 0 spiro atoms. The number of aromatic hydroxyl groups is 1. The number of nitrogens with zero attached hydrogens (tertiary/aromatic N) is 1. The first kappa shape index (κ1) is 11.4. The van der Waals surface area contributed by atoms with Crippen LogP contribution in [0.5, 0.6) is 5.75 Å². The van der Waals surface area contributed by atoms with E-state index in [1.807, 2.05) is 19.1 Å². The Morgan fingerprint density at radius 1 is 1.29 bits per heavy atom. The molecule has 0 aliphatic rings. The maximum atomic E-state index is 10.8. The molecule has 1 aromatic heterocycles. The number of carboxylic acids is 1. The summed E-state index contributed by atoms with van der Waals surface area (Å²) in [5.41, 5.74) is 1.10. The molecule has 2 aromatic rings. The molecule has 0 radical (unpaired) electrons. The Balaban J connectivity index is 2.64. The Hall–Kier alpha value is -2.10. The lowest BCUT2D eigenvalue weighted by atomic mass is 10.1. The summed E-state index contributed by atoms with van der Waals surface area (Å²) in [5, 5.41) is 19.6. The number of aryl methyl sites for hydroxylation is 1. The maximum Gasteiger partial charge on any atom is 0.354 e. The quantitative estimate of drug-likeness (QED) is 0.851. The molecule has 0 amide bonds. The molecule has 0 unspecified atom stereocenters. The zero-order chi connectivity index (χ0) is 12.4. The monoisotopic (exact) mass is 231 g/mol. The van der Waals surface area contributed by atoms with Crippen molar-refractivity contribution >= 4 is 16.9 Å². The number of hydrogen-bond acceptors (Lipinski definition) is 3. The van der Waals surface area contributed by atoms with Gasteiger partial charge in [0.2, 0.25) is 0 Å². The highest BCUT2D eigenvalue weighted by atomic mass is 16.4. The number of aromatic nitrogens is 1. The number of rotatable bonds is 3. The van der Waals surface area contributed by atoms with Gasteiger partial charge in [-0.1, -0.05) is 31.5 Å². The molecule has 4 nitrogen and oxygen atoms in total. The van der Waals surface area contributed by atoms with Crippen molar-refractivity contribution in [1.82, 2.24) is 4.98 Å². The number of benzene rings is 1. The van der Waals surface area contributed by atoms with Gasteiger partial charge in [-0.25, -0.2) is 9.78 Å². The van der Waals surface area contributed by atoms with Crippen LogP contribution in [0.25, 0.3) is 10.9 Å². The Morgan fingerprint density at radius 3 is 2.65 bits per heavy atom. The van der Waals surface area contributed by atoms with Crippen molar-refractivity contribution in [2.45, 2.75) is 19.8 Å². The van der Waals surface area contributed by atoms with Crippen LogP contribution in [0, 0.1) is 0 Å². The molecule has 88 valence electrons. The zero-order valence-electron chi connectivity index (χ0n) is 9.47. The average Bonchev–Trinajstić information content (AvgIpc) is 2.32. The summed E-state index contributed by atoms with van der Waals surface area (Å²) >= 11 is 0. The molecule has 0 bridgehead atoms. The number of aromatic carboxylic acids is 1. The third-order valence-electron chi connectivity index (χ3n) is 2.66. The minimum atomic E-state index is -1.09. The van der Waals surface area contributed by atoms with Crippen molar-refractivity contribution in [3.63, 3.8) is 0 Å². The fraction of sp³-hybridized carbons (Fsp3) is 0.231. The molecule has 0 fully saturated rings. The van der Waals surface area contributed by atoms with Crippen LogP contribution in [-0.2, 0) is 6.42 Å². The normalized spacial score (nSPS) is 10.6. The van der Waals surface area contributed by atoms with Gasteiger partial charge >= 0.3 is 5.97 Å². The third kappa shape index (κ3) is 2.06. The van der Waals surface area contributed by atoms with Crippen LogP contribution < -0.4 is 0 Å². The van der Waals surface area contributed by atoms with Gasteiger partial charge in [-0.3, -0.25) is 0 Å². The van der Waals surface area contributed by atoms with Crippen molar-refractivity contribution < 1.29 is 15.0 Å². The standard InChI is InChI=1S/C13H13NO3/c1-2-3-9-5-4-8-6-7-10(13(16)17)14-11(8)12(9)15/h4-7,15H,2-3H2,1H3,(H,16,17). The van der Waals surface area contributed by atoms with E-state index >= 15 is 0 Å². The van der Waals surface area contributed by atoms with E-state index in [-0.39, 0.29) is 11.4 Å². The number of carbonyl (C=O) groups is 1. The first-order chi connectivity index (χ1) is 8.13. The first-order valence-electron chi connectivity index (χ1n) is 5.48. The molecule has 1 heterocycles. The van der Waals surface area contributed by atoms with Crippen LogP contribution in [-0.4, -0.2) is 21.2 Å². The minimum absolute atomic E-state index is 0.0542. The Morgan fingerprint density at radius 2 is 2.00 bits per heavy atom. The lowest BCUT2D eigenvalue weighted by Gasteiger charge is -2.06. The number of hydrogen-bond donors (Lipinski definition) is 2. The van der Waals surface area contributed by atoms with Crippen molar-refractivity contribution in [2.24, 2.45) is 0 Å². The SMILES string of the molecule is CCCc1ccc2ccc(C(=O)O)nc2c1O. The molecule has 4 heteroatoms. The van der Waals surface area contributed by atoms with Crippen molar-refractivity contribution in [3.05, 3.63) is 35.5 Å². The van der Waals surface area contributed by atoms with E-state index in [9.17, 15) is 9.90 Å². The van der Waals surface area contributed by atoms with E-state index in [1.54, 1.807) is 6.07 Å². The summed E-state index contributed by atoms with van der Waals surface area (Å²) < 4.78 is 0. The van der Waals surface area contributed by atoms with E-state index in [2.05, 4.69) is 4.98 Å². The average molecular weight is 231 g/mol. The molecular weight excluding hydrogens is 218 g/mol. The Bertz CT molecular complexity index is 578.